The van der Waals surface area contributed by atoms with E-state index in [0.29, 0.717) is 6.42 Å². The van der Waals surface area contributed by atoms with Gasteiger partial charge in [0.2, 0.25) is 0 Å². The number of hydrogen-bond acceptors (Lipinski definition) is 0. The summed E-state index contributed by atoms with van der Waals surface area (Å²) in [5, 5.41) is 0. The Labute approximate surface area is 94.1 Å². The van der Waals surface area contributed by atoms with E-state index >= 15 is 0 Å². The first kappa shape index (κ1) is 9.34. The van der Waals surface area contributed by atoms with Gasteiger partial charge in [-0.2, -0.15) is 0 Å². The SMILES string of the molecule is Fc1cccc2c1CC=C2c1ccccc1. The molecule has 1 heteroatoms. The van der Waals surface area contributed by atoms with Crippen molar-refractivity contribution in [2.45, 2.75) is 6.42 Å². The summed E-state index contributed by atoms with van der Waals surface area (Å²) in [7, 11) is 0. The molecule has 0 aliphatic heterocycles. The van der Waals surface area contributed by atoms with Crippen LogP contribution in [0.3, 0.4) is 0 Å². The second-order valence-electron chi connectivity index (χ2n) is 3.95. The summed E-state index contributed by atoms with van der Waals surface area (Å²) < 4.78 is 13.5. The maximum absolute atomic E-state index is 13.5. The normalized spacial score (nSPS) is 13.4. The Morgan fingerprint density at radius 1 is 0.875 bits per heavy atom. The molecule has 16 heavy (non-hydrogen) atoms. The molecular formula is C15H11F. The molecule has 0 radical (unpaired) electrons. The lowest BCUT2D eigenvalue weighted by atomic mass is 9.99. The van der Waals surface area contributed by atoms with Crippen molar-refractivity contribution in [2.24, 2.45) is 0 Å². The van der Waals surface area contributed by atoms with E-state index < -0.39 is 0 Å². The van der Waals surface area contributed by atoms with Gasteiger partial charge in [-0.25, -0.2) is 4.39 Å². The molecule has 0 aromatic heterocycles. The highest BCUT2D eigenvalue weighted by Crippen LogP contribution is 2.33. The van der Waals surface area contributed by atoms with Crippen LogP contribution in [0, 0.1) is 5.82 Å². The Kier molecular flexibility index (Phi) is 2.10. The smallest absolute Gasteiger partial charge is 0.127 e. The molecule has 2 aromatic rings. The third-order valence-corrected chi connectivity index (χ3v) is 3.00. The molecule has 0 N–H and O–H groups in total. The van der Waals surface area contributed by atoms with Gasteiger partial charge in [-0.3, -0.25) is 0 Å². The van der Waals surface area contributed by atoms with Crippen LogP contribution in [0.25, 0.3) is 5.57 Å². The van der Waals surface area contributed by atoms with Crippen LogP contribution < -0.4 is 0 Å². The van der Waals surface area contributed by atoms with Crippen LogP contribution in [0.4, 0.5) is 4.39 Å². The average Bonchev–Trinajstić information content (AvgIpc) is 2.75. The highest BCUT2D eigenvalue weighted by molar-refractivity contribution is 5.84. The van der Waals surface area contributed by atoms with Crippen molar-refractivity contribution in [1.82, 2.24) is 0 Å². The highest BCUT2D eigenvalue weighted by atomic mass is 19.1. The van der Waals surface area contributed by atoms with Gasteiger partial charge in [-0.1, -0.05) is 48.5 Å². The van der Waals surface area contributed by atoms with Crippen LogP contribution in [0.5, 0.6) is 0 Å². The fourth-order valence-electron chi connectivity index (χ4n) is 2.22. The Balaban J connectivity index is 2.13. The summed E-state index contributed by atoms with van der Waals surface area (Å²) in [6, 6.07) is 15.4. The van der Waals surface area contributed by atoms with Gasteiger partial charge in [0.05, 0.1) is 0 Å². The number of fused-ring (bicyclic) bond motifs is 1. The Bertz CT molecular complexity index is 553. The molecule has 0 unspecified atom stereocenters. The molecule has 1 aliphatic carbocycles. The Morgan fingerprint density at radius 3 is 2.50 bits per heavy atom. The van der Waals surface area contributed by atoms with E-state index in [2.05, 4.69) is 18.2 Å². The monoisotopic (exact) mass is 210 g/mol. The Morgan fingerprint density at radius 2 is 1.69 bits per heavy atom. The van der Waals surface area contributed by atoms with E-state index in [1.807, 2.05) is 24.3 Å². The van der Waals surface area contributed by atoms with E-state index in [1.165, 1.54) is 6.07 Å². The number of rotatable bonds is 1. The third-order valence-electron chi connectivity index (χ3n) is 3.00. The summed E-state index contributed by atoms with van der Waals surface area (Å²) in [5.74, 6) is -0.0975. The summed E-state index contributed by atoms with van der Waals surface area (Å²) >= 11 is 0. The molecule has 0 bridgehead atoms. The molecular weight excluding hydrogens is 199 g/mol. The molecule has 0 heterocycles. The first-order valence-corrected chi connectivity index (χ1v) is 5.39. The van der Waals surface area contributed by atoms with Gasteiger partial charge in [-0.15, -0.1) is 0 Å². The van der Waals surface area contributed by atoms with E-state index in [9.17, 15) is 4.39 Å². The second kappa shape index (κ2) is 3.60. The van der Waals surface area contributed by atoms with Crippen LogP contribution in [0.15, 0.2) is 54.6 Å². The first-order valence-electron chi connectivity index (χ1n) is 5.39. The van der Waals surface area contributed by atoms with E-state index in [4.69, 9.17) is 0 Å². The number of allylic oxidation sites excluding steroid dienone is 1. The summed E-state index contributed by atoms with van der Waals surface area (Å²) in [6.07, 6.45) is 2.80. The standard InChI is InChI=1S/C15H11F/c16-15-8-4-7-13-12(9-10-14(13)15)11-5-2-1-3-6-11/h1-9H,10H2. The number of halogens is 1. The lowest BCUT2D eigenvalue weighted by Crippen LogP contribution is -1.90. The fraction of sp³-hybridized carbons (Fsp3) is 0.0667. The lowest BCUT2D eigenvalue weighted by molar-refractivity contribution is 0.615. The molecule has 0 nitrogen and oxygen atoms in total. The van der Waals surface area contributed by atoms with E-state index in [1.54, 1.807) is 6.07 Å². The van der Waals surface area contributed by atoms with Crippen LogP contribution >= 0.6 is 0 Å². The lowest BCUT2D eigenvalue weighted by Gasteiger charge is -2.06. The van der Waals surface area contributed by atoms with Crippen LogP contribution in [-0.4, -0.2) is 0 Å². The molecule has 78 valence electrons. The highest BCUT2D eigenvalue weighted by Gasteiger charge is 2.17. The minimum atomic E-state index is -0.0975. The van der Waals surface area contributed by atoms with Gasteiger partial charge in [-0.05, 0) is 34.8 Å². The number of hydrogen-bond donors (Lipinski definition) is 0. The summed E-state index contributed by atoms with van der Waals surface area (Å²) in [5.41, 5.74) is 4.16. The van der Waals surface area contributed by atoms with Gasteiger partial charge in [0, 0.05) is 0 Å². The van der Waals surface area contributed by atoms with E-state index in [-0.39, 0.29) is 5.82 Å². The van der Waals surface area contributed by atoms with Crippen LogP contribution in [0.1, 0.15) is 16.7 Å². The predicted octanol–water partition coefficient (Wildman–Crippen LogP) is 3.81. The minimum Gasteiger partial charge on any atom is -0.207 e. The molecule has 0 fully saturated rings. The molecule has 0 spiro atoms. The molecule has 1 aliphatic rings. The molecule has 0 amide bonds. The van der Waals surface area contributed by atoms with Crippen molar-refractivity contribution in [2.75, 3.05) is 0 Å². The van der Waals surface area contributed by atoms with Crippen molar-refractivity contribution in [3.8, 4) is 0 Å². The fourth-order valence-corrected chi connectivity index (χ4v) is 2.22. The summed E-state index contributed by atoms with van der Waals surface area (Å²) in [4.78, 5) is 0. The first-order chi connectivity index (χ1) is 7.86. The maximum Gasteiger partial charge on any atom is 0.127 e. The molecule has 0 atom stereocenters. The van der Waals surface area contributed by atoms with E-state index in [0.717, 1.165) is 22.3 Å². The quantitative estimate of drug-likeness (QED) is 0.671. The van der Waals surface area contributed by atoms with Crippen molar-refractivity contribution >= 4 is 5.57 Å². The molecule has 0 saturated carbocycles. The number of benzene rings is 2. The van der Waals surface area contributed by atoms with Crippen molar-refractivity contribution in [1.29, 1.82) is 0 Å². The molecule has 3 rings (SSSR count). The largest absolute Gasteiger partial charge is 0.207 e. The third kappa shape index (κ3) is 1.36. The van der Waals surface area contributed by atoms with Gasteiger partial charge in [0.15, 0.2) is 0 Å². The zero-order valence-corrected chi connectivity index (χ0v) is 8.78. The Hall–Kier alpha value is -1.89. The zero-order valence-electron chi connectivity index (χ0n) is 8.78. The van der Waals surface area contributed by atoms with Gasteiger partial charge in [0.25, 0.3) is 0 Å². The van der Waals surface area contributed by atoms with Gasteiger partial charge < -0.3 is 0 Å². The molecule has 0 saturated heterocycles. The van der Waals surface area contributed by atoms with Gasteiger partial charge >= 0.3 is 0 Å². The maximum atomic E-state index is 13.5. The zero-order chi connectivity index (χ0) is 11.0. The molecule has 2 aromatic carbocycles. The average molecular weight is 210 g/mol. The predicted molar refractivity (Wildman–Crippen MR) is 63.6 cm³/mol. The van der Waals surface area contributed by atoms with Crippen molar-refractivity contribution in [3.63, 3.8) is 0 Å². The topological polar surface area (TPSA) is 0 Å². The van der Waals surface area contributed by atoms with Crippen LogP contribution in [0.2, 0.25) is 0 Å². The van der Waals surface area contributed by atoms with Crippen molar-refractivity contribution < 1.29 is 4.39 Å². The van der Waals surface area contributed by atoms with Crippen molar-refractivity contribution in [3.05, 3.63) is 77.1 Å². The van der Waals surface area contributed by atoms with Crippen LogP contribution in [-0.2, 0) is 6.42 Å². The second-order valence-corrected chi connectivity index (χ2v) is 3.95. The van der Waals surface area contributed by atoms with Gasteiger partial charge in [0.1, 0.15) is 5.82 Å². The minimum absolute atomic E-state index is 0.0975. The summed E-state index contributed by atoms with van der Waals surface area (Å²) in [6.45, 7) is 0.